The SMILES string of the molecule is Clc1ccccc1C1CC(Nc2cncnc2)C1. The summed E-state index contributed by atoms with van der Waals surface area (Å²) in [6.45, 7) is 0. The second-order valence-electron chi connectivity index (χ2n) is 4.66. The predicted molar refractivity (Wildman–Crippen MR) is 72.9 cm³/mol. The van der Waals surface area contributed by atoms with Crippen molar-refractivity contribution in [1.82, 2.24) is 9.97 Å². The van der Waals surface area contributed by atoms with Crippen molar-refractivity contribution < 1.29 is 0 Å². The summed E-state index contributed by atoms with van der Waals surface area (Å²) < 4.78 is 0. The third-order valence-electron chi connectivity index (χ3n) is 3.41. The van der Waals surface area contributed by atoms with Crippen molar-refractivity contribution in [1.29, 1.82) is 0 Å². The topological polar surface area (TPSA) is 37.8 Å². The van der Waals surface area contributed by atoms with Crippen LogP contribution in [0, 0.1) is 0 Å². The molecule has 1 aromatic carbocycles. The van der Waals surface area contributed by atoms with Gasteiger partial charge in [0.1, 0.15) is 6.33 Å². The van der Waals surface area contributed by atoms with E-state index in [1.165, 1.54) is 5.56 Å². The summed E-state index contributed by atoms with van der Waals surface area (Å²) in [4.78, 5) is 7.99. The second kappa shape index (κ2) is 4.94. The molecule has 92 valence electrons. The van der Waals surface area contributed by atoms with Gasteiger partial charge in [-0.3, -0.25) is 0 Å². The fraction of sp³-hybridized carbons (Fsp3) is 0.286. The third-order valence-corrected chi connectivity index (χ3v) is 3.76. The maximum absolute atomic E-state index is 6.20. The van der Waals surface area contributed by atoms with Gasteiger partial charge in [-0.05, 0) is 30.4 Å². The average Bonchev–Trinajstić information content (AvgIpc) is 2.36. The number of aromatic nitrogens is 2. The molecule has 0 radical (unpaired) electrons. The number of halogens is 1. The standard InChI is InChI=1S/C14H14ClN3/c15-14-4-2-1-3-13(14)10-5-11(6-10)18-12-7-16-9-17-8-12/h1-4,7-11,18H,5-6H2. The number of hydrogen-bond donors (Lipinski definition) is 1. The Bertz CT molecular complexity index is 524. The van der Waals surface area contributed by atoms with Crippen LogP contribution in [-0.4, -0.2) is 16.0 Å². The summed E-state index contributed by atoms with van der Waals surface area (Å²) in [5.41, 5.74) is 2.25. The first-order valence-electron chi connectivity index (χ1n) is 6.09. The maximum atomic E-state index is 6.20. The summed E-state index contributed by atoms with van der Waals surface area (Å²) in [6.07, 6.45) is 7.36. The summed E-state index contributed by atoms with van der Waals surface area (Å²) in [5.74, 6) is 0.570. The second-order valence-corrected chi connectivity index (χ2v) is 5.07. The van der Waals surface area contributed by atoms with Crippen LogP contribution in [-0.2, 0) is 0 Å². The number of anilines is 1. The molecule has 2 aromatic rings. The molecule has 1 aliphatic carbocycles. The Morgan fingerprint density at radius 2 is 1.83 bits per heavy atom. The molecule has 0 saturated heterocycles. The Kier molecular flexibility index (Phi) is 3.15. The fourth-order valence-electron chi connectivity index (χ4n) is 2.41. The van der Waals surface area contributed by atoms with Gasteiger partial charge in [0.2, 0.25) is 0 Å². The summed E-state index contributed by atoms with van der Waals surface area (Å²) in [5, 5.41) is 4.31. The summed E-state index contributed by atoms with van der Waals surface area (Å²) >= 11 is 6.20. The van der Waals surface area contributed by atoms with Crippen molar-refractivity contribution in [3.8, 4) is 0 Å². The van der Waals surface area contributed by atoms with Crippen LogP contribution in [0.5, 0.6) is 0 Å². The van der Waals surface area contributed by atoms with Gasteiger partial charge in [0, 0.05) is 11.1 Å². The molecule has 3 nitrogen and oxygen atoms in total. The van der Waals surface area contributed by atoms with Crippen molar-refractivity contribution >= 4 is 17.3 Å². The molecule has 1 aromatic heterocycles. The third kappa shape index (κ3) is 2.31. The Morgan fingerprint density at radius 3 is 2.56 bits per heavy atom. The van der Waals surface area contributed by atoms with Gasteiger partial charge in [-0.1, -0.05) is 29.8 Å². The van der Waals surface area contributed by atoms with Crippen LogP contribution in [0.25, 0.3) is 0 Å². The minimum Gasteiger partial charge on any atom is -0.380 e. The summed E-state index contributed by atoms with van der Waals surface area (Å²) in [6, 6.07) is 8.60. The average molecular weight is 260 g/mol. The Labute approximate surface area is 111 Å². The minimum absolute atomic E-state index is 0.497. The Morgan fingerprint density at radius 1 is 1.11 bits per heavy atom. The van der Waals surface area contributed by atoms with E-state index in [-0.39, 0.29) is 0 Å². The van der Waals surface area contributed by atoms with Crippen LogP contribution in [0.3, 0.4) is 0 Å². The number of hydrogen-bond acceptors (Lipinski definition) is 3. The van der Waals surface area contributed by atoms with E-state index < -0.39 is 0 Å². The first kappa shape index (κ1) is 11.5. The van der Waals surface area contributed by atoms with E-state index in [4.69, 9.17) is 11.6 Å². The summed E-state index contributed by atoms with van der Waals surface area (Å²) in [7, 11) is 0. The molecular weight excluding hydrogens is 246 g/mol. The number of nitrogens with zero attached hydrogens (tertiary/aromatic N) is 2. The zero-order chi connectivity index (χ0) is 12.4. The molecule has 0 bridgehead atoms. The highest BCUT2D eigenvalue weighted by Crippen LogP contribution is 2.40. The molecule has 0 amide bonds. The van der Waals surface area contributed by atoms with Crippen LogP contribution in [0.4, 0.5) is 5.69 Å². The molecule has 0 aliphatic heterocycles. The number of nitrogens with one attached hydrogen (secondary N) is 1. The number of rotatable bonds is 3. The largest absolute Gasteiger partial charge is 0.380 e. The van der Waals surface area contributed by atoms with Gasteiger partial charge in [0.15, 0.2) is 0 Å². The monoisotopic (exact) mass is 259 g/mol. The Balaban J connectivity index is 1.59. The van der Waals surface area contributed by atoms with Crippen LogP contribution >= 0.6 is 11.6 Å². The first-order valence-corrected chi connectivity index (χ1v) is 6.46. The van der Waals surface area contributed by atoms with E-state index in [0.717, 1.165) is 23.6 Å². The zero-order valence-electron chi connectivity index (χ0n) is 9.88. The van der Waals surface area contributed by atoms with E-state index in [2.05, 4.69) is 21.4 Å². The molecule has 1 heterocycles. The molecule has 1 saturated carbocycles. The molecule has 1 fully saturated rings. The van der Waals surface area contributed by atoms with Gasteiger partial charge < -0.3 is 5.32 Å². The molecular formula is C14H14ClN3. The minimum atomic E-state index is 0.497. The lowest BCUT2D eigenvalue weighted by molar-refractivity contribution is 0.374. The van der Waals surface area contributed by atoms with Crippen molar-refractivity contribution in [2.75, 3.05) is 5.32 Å². The van der Waals surface area contributed by atoms with Crippen LogP contribution in [0.2, 0.25) is 5.02 Å². The molecule has 1 N–H and O–H groups in total. The van der Waals surface area contributed by atoms with E-state index in [0.29, 0.717) is 12.0 Å². The zero-order valence-corrected chi connectivity index (χ0v) is 10.6. The molecule has 4 heteroatoms. The van der Waals surface area contributed by atoms with Crippen molar-refractivity contribution in [3.05, 3.63) is 53.6 Å². The fourth-order valence-corrected chi connectivity index (χ4v) is 2.70. The lowest BCUT2D eigenvalue weighted by atomic mass is 9.76. The smallest absolute Gasteiger partial charge is 0.115 e. The van der Waals surface area contributed by atoms with Gasteiger partial charge in [-0.15, -0.1) is 0 Å². The van der Waals surface area contributed by atoms with Gasteiger partial charge in [0.25, 0.3) is 0 Å². The van der Waals surface area contributed by atoms with E-state index in [9.17, 15) is 0 Å². The van der Waals surface area contributed by atoms with Gasteiger partial charge >= 0.3 is 0 Å². The van der Waals surface area contributed by atoms with E-state index in [1.807, 2.05) is 18.2 Å². The van der Waals surface area contributed by atoms with E-state index in [1.54, 1.807) is 18.7 Å². The van der Waals surface area contributed by atoms with Crippen molar-refractivity contribution in [2.24, 2.45) is 0 Å². The molecule has 0 unspecified atom stereocenters. The Hall–Kier alpha value is -1.61. The molecule has 0 spiro atoms. The highest BCUT2D eigenvalue weighted by molar-refractivity contribution is 6.31. The molecule has 1 aliphatic rings. The molecule has 18 heavy (non-hydrogen) atoms. The number of benzene rings is 1. The predicted octanol–water partition coefficient (Wildman–Crippen LogP) is 3.49. The molecule has 3 rings (SSSR count). The normalized spacial score (nSPS) is 22.3. The van der Waals surface area contributed by atoms with Gasteiger partial charge in [-0.25, -0.2) is 9.97 Å². The lowest BCUT2D eigenvalue weighted by Gasteiger charge is -2.37. The first-order chi connectivity index (χ1) is 8.83. The molecule has 0 atom stereocenters. The van der Waals surface area contributed by atoms with E-state index >= 15 is 0 Å². The highest BCUT2D eigenvalue weighted by atomic mass is 35.5. The maximum Gasteiger partial charge on any atom is 0.115 e. The van der Waals surface area contributed by atoms with Crippen LogP contribution in [0.1, 0.15) is 24.3 Å². The quantitative estimate of drug-likeness (QED) is 0.917. The van der Waals surface area contributed by atoms with Gasteiger partial charge in [-0.2, -0.15) is 0 Å². The van der Waals surface area contributed by atoms with Crippen molar-refractivity contribution in [2.45, 2.75) is 24.8 Å². The van der Waals surface area contributed by atoms with Gasteiger partial charge in [0.05, 0.1) is 18.1 Å². The highest BCUT2D eigenvalue weighted by Gasteiger charge is 2.31. The van der Waals surface area contributed by atoms with Crippen LogP contribution < -0.4 is 5.32 Å². The van der Waals surface area contributed by atoms with Crippen molar-refractivity contribution in [3.63, 3.8) is 0 Å². The lowest BCUT2D eigenvalue weighted by Crippen LogP contribution is -2.34. The van der Waals surface area contributed by atoms with Crippen LogP contribution in [0.15, 0.2) is 43.0 Å².